The van der Waals surface area contributed by atoms with Gasteiger partial charge in [0.1, 0.15) is 0 Å². The average molecular weight is 305 g/mol. The van der Waals surface area contributed by atoms with Crippen molar-refractivity contribution in [1.82, 2.24) is 9.29 Å². The molecule has 0 spiro atoms. The van der Waals surface area contributed by atoms with E-state index in [0.717, 1.165) is 11.3 Å². The summed E-state index contributed by atoms with van der Waals surface area (Å²) in [5.41, 5.74) is 0.403. The van der Waals surface area contributed by atoms with E-state index in [1.165, 1.54) is 11.2 Å². The molecule has 2 heterocycles. The molecule has 7 nitrogen and oxygen atoms in total. The fraction of sp³-hybridized carbons (Fsp3) is 0.600. The second-order valence-electron chi connectivity index (χ2n) is 4.09. The summed E-state index contributed by atoms with van der Waals surface area (Å²) in [5.74, 6) is -0.274. The monoisotopic (exact) mass is 305 g/mol. The fourth-order valence-electron chi connectivity index (χ4n) is 1.73. The molecule has 1 fully saturated rings. The summed E-state index contributed by atoms with van der Waals surface area (Å²) in [4.78, 5) is 15.0. The number of thiazole rings is 1. The fourth-order valence-corrected chi connectivity index (χ4v) is 4.73. The van der Waals surface area contributed by atoms with Crippen molar-refractivity contribution < 1.29 is 17.9 Å². The van der Waals surface area contributed by atoms with Crippen molar-refractivity contribution >= 4 is 32.4 Å². The highest BCUT2D eigenvalue weighted by Crippen LogP contribution is 2.29. The Hall–Kier alpha value is -1.03. The maximum Gasteiger partial charge on any atom is 0.254 e. The van der Waals surface area contributed by atoms with Crippen molar-refractivity contribution in [2.45, 2.75) is 18.1 Å². The Bertz CT molecular complexity index is 576. The SMILES string of the molecule is CC(=O)Nc1nc(C)c(S(=O)(=O)N2CCOCC2)s1. The number of aryl methyl sites for hydroxylation is 1. The molecule has 0 aromatic carbocycles. The molecule has 106 valence electrons. The van der Waals surface area contributed by atoms with Crippen LogP contribution in [0.2, 0.25) is 0 Å². The van der Waals surface area contributed by atoms with Crippen LogP contribution in [0.25, 0.3) is 0 Å². The number of carbonyl (C=O) groups excluding carboxylic acids is 1. The minimum Gasteiger partial charge on any atom is -0.379 e. The second kappa shape index (κ2) is 5.53. The van der Waals surface area contributed by atoms with Crippen molar-refractivity contribution in [1.29, 1.82) is 0 Å². The van der Waals surface area contributed by atoms with Crippen LogP contribution < -0.4 is 5.32 Å². The molecule has 0 radical (unpaired) electrons. The molecule has 1 amide bonds. The Labute approximate surface area is 115 Å². The van der Waals surface area contributed by atoms with Gasteiger partial charge >= 0.3 is 0 Å². The molecule has 2 rings (SSSR count). The number of carbonyl (C=O) groups is 1. The molecule has 0 aliphatic carbocycles. The van der Waals surface area contributed by atoms with E-state index in [-0.39, 0.29) is 10.1 Å². The van der Waals surface area contributed by atoms with Crippen molar-refractivity contribution in [3.63, 3.8) is 0 Å². The normalized spacial score (nSPS) is 17.4. The Kier molecular flexibility index (Phi) is 4.19. The molecule has 1 aliphatic heterocycles. The lowest BCUT2D eigenvalue weighted by molar-refractivity contribution is -0.114. The van der Waals surface area contributed by atoms with Crippen LogP contribution in [0, 0.1) is 6.92 Å². The topological polar surface area (TPSA) is 88.6 Å². The summed E-state index contributed by atoms with van der Waals surface area (Å²) in [7, 11) is -3.55. The average Bonchev–Trinajstić information content (AvgIpc) is 2.71. The predicted molar refractivity (Wildman–Crippen MR) is 70.7 cm³/mol. The number of nitrogens with zero attached hydrogens (tertiary/aromatic N) is 2. The van der Waals surface area contributed by atoms with Crippen LogP contribution in [0.3, 0.4) is 0 Å². The number of aromatic nitrogens is 1. The van der Waals surface area contributed by atoms with E-state index in [1.54, 1.807) is 6.92 Å². The Morgan fingerprint density at radius 2 is 2.05 bits per heavy atom. The summed E-state index contributed by atoms with van der Waals surface area (Å²) in [5, 5.41) is 2.80. The molecule has 0 saturated carbocycles. The van der Waals surface area contributed by atoms with E-state index < -0.39 is 10.0 Å². The first-order valence-electron chi connectivity index (χ1n) is 5.74. The molecule has 0 atom stereocenters. The Balaban J connectivity index is 2.29. The summed E-state index contributed by atoms with van der Waals surface area (Å²) in [6.07, 6.45) is 0. The van der Waals surface area contributed by atoms with Crippen LogP contribution in [-0.2, 0) is 19.6 Å². The van der Waals surface area contributed by atoms with Gasteiger partial charge in [-0.25, -0.2) is 13.4 Å². The van der Waals surface area contributed by atoms with E-state index in [2.05, 4.69) is 10.3 Å². The lowest BCUT2D eigenvalue weighted by atomic mass is 10.5. The van der Waals surface area contributed by atoms with Gasteiger partial charge in [0.15, 0.2) is 9.34 Å². The number of hydrogen-bond acceptors (Lipinski definition) is 6. The van der Waals surface area contributed by atoms with Gasteiger partial charge in [-0.3, -0.25) is 4.79 Å². The van der Waals surface area contributed by atoms with Crippen molar-refractivity contribution in [3.05, 3.63) is 5.69 Å². The maximum absolute atomic E-state index is 12.4. The minimum atomic E-state index is -3.55. The van der Waals surface area contributed by atoms with Gasteiger partial charge in [0.05, 0.1) is 18.9 Å². The summed E-state index contributed by atoms with van der Waals surface area (Å²) >= 11 is 0.975. The standard InChI is InChI=1S/C10H15N3O4S2/c1-7-9(18-10(11-7)12-8(2)14)19(15,16)13-3-5-17-6-4-13/h3-6H2,1-2H3,(H,11,12,14). The number of ether oxygens (including phenoxy) is 1. The van der Waals surface area contributed by atoms with E-state index >= 15 is 0 Å². The molecule has 19 heavy (non-hydrogen) atoms. The predicted octanol–water partition coefficient (Wildman–Crippen LogP) is 0.431. The van der Waals surface area contributed by atoms with Gasteiger partial charge in [-0.1, -0.05) is 11.3 Å². The van der Waals surface area contributed by atoms with Crippen LogP contribution in [0.5, 0.6) is 0 Å². The quantitative estimate of drug-likeness (QED) is 0.875. The highest BCUT2D eigenvalue weighted by atomic mass is 32.2. The number of rotatable bonds is 3. The lowest BCUT2D eigenvalue weighted by Gasteiger charge is -2.25. The van der Waals surface area contributed by atoms with Crippen LogP contribution >= 0.6 is 11.3 Å². The van der Waals surface area contributed by atoms with E-state index in [9.17, 15) is 13.2 Å². The van der Waals surface area contributed by atoms with Gasteiger partial charge < -0.3 is 10.1 Å². The van der Waals surface area contributed by atoms with Crippen molar-refractivity contribution in [3.8, 4) is 0 Å². The van der Waals surface area contributed by atoms with E-state index in [4.69, 9.17) is 4.74 Å². The third kappa shape index (κ3) is 3.11. The van der Waals surface area contributed by atoms with Crippen LogP contribution in [0.15, 0.2) is 4.21 Å². The summed E-state index contributed by atoms with van der Waals surface area (Å²) in [6.45, 7) is 4.46. The van der Waals surface area contributed by atoms with Gasteiger partial charge in [0.2, 0.25) is 5.91 Å². The Morgan fingerprint density at radius 3 is 2.63 bits per heavy atom. The molecule has 0 bridgehead atoms. The molecular weight excluding hydrogens is 290 g/mol. The molecule has 9 heteroatoms. The number of morpholine rings is 1. The van der Waals surface area contributed by atoms with Gasteiger partial charge in [-0.2, -0.15) is 4.31 Å². The van der Waals surface area contributed by atoms with Gasteiger partial charge in [0.25, 0.3) is 10.0 Å². The third-order valence-corrected chi connectivity index (χ3v) is 6.14. The zero-order valence-electron chi connectivity index (χ0n) is 10.7. The zero-order valence-corrected chi connectivity index (χ0v) is 12.3. The number of hydrogen-bond donors (Lipinski definition) is 1. The minimum absolute atomic E-state index is 0.179. The second-order valence-corrected chi connectivity index (χ2v) is 7.22. The molecule has 1 saturated heterocycles. The van der Waals surface area contributed by atoms with Crippen LogP contribution in [0.1, 0.15) is 12.6 Å². The Morgan fingerprint density at radius 1 is 1.42 bits per heavy atom. The third-order valence-electron chi connectivity index (χ3n) is 2.58. The largest absolute Gasteiger partial charge is 0.379 e. The highest BCUT2D eigenvalue weighted by Gasteiger charge is 2.30. The number of amides is 1. The molecule has 1 aromatic heterocycles. The number of nitrogens with one attached hydrogen (secondary N) is 1. The van der Waals surface area contributed by atoms with Crippen LogP contribution in [0.4, 0.5) is 5.13 Å². The molecule has 0 unspecified atom stereocenters. The van der Waals surface area contributed by atoms with E-state index in [1.807, 2.05) is 0 Å². The number of anilines is 1. The number of sulfonamides is 1. The molecule has 1 aliphatic rings. The van der Waals surface area contributed by atoms with Crippen molar-refractivity contribution in [2.24, 2.45) is 0 Å². The lowest BCUT2D eigenvalue weighted by Crippen LogP contribution is -2.40. The maximum atomic E-state index is 12.4. The van der Waals surface area contributed by atoms with E-state index in [0.29, 0.717) is 37.1 Å². The van der Waals surface area contributed by atoms with Gasteiger partial charge in [-0.15, -0.1) is 0 Å². The smallest absolute Gasteiger partial charge is 0.254 e. The first-order chi connectivity index (χ1) is 8.91. The molecular formula is C10H15N3O4S2. The first-order valence-corrected chi connectivity index (χ1v) is 8.00. The van der Waals surface area contributed by atoms with Gasteiger partial charge in [0, 0.05) is 20.0 Å². The van der Waals surface area contributed by atoms with Gasteiger partial charge in [-0.05, 0) is 6.92 Å². The zero-order chi connectivity index (χ0) is 14.0. The summed E-state index contributed by atoms with van der Waals surface area (Å²) in [6, 6.07) is 0. The molecule has 1 aromatic rings. The summed E-state index contributed by atoms with van der Waals surface area (Å²) < 4.78 is 31.6. The van der Waals surface area contributed by atoms with Crippen LogP contribution in [-0.4, -0.2) is 49.9 Å². The first kappa shape index (κ1) is 14.4. The molecule has 1 N–H and O–H groups in total. The van der Waals surface area contributed by atoms with Crippen molar-refractivity contribution in [2.75, 3.05) is 31.6 Å². The highest BCUT2D eigenvalue weighted by molar-refractivity contribution is 7.91.